The first kappa shape index (κ1) is 18.6. The molecule has 1 unspecified atom stereocenters. The zero-order valence-corrected chi connectivity index (χ0v) is 13.2. The van der Waals surface area contributed by atoms with Crippen LogP contribution in [0.15, 0.2) is 0 Å². The van der Waals surface area contributed by atoms with Gasteiger partial charge < -0.3 is 0 Å². The van der Waals surface area contributed by atoms with Gasteiger partial charge in [0.1, 0.15) is 0 Å². The number of hydrogen-bond donors (Lipinski definition) is 0. The first-order valence-electron chi connectivity index (χ1n) is 7.09. The predicted molar refractivity (Wildman–Crippen MR) is 74.7 cm³/mol. The Morgan fingerprint density at radius 2 is 1.58 bits per heavy atom. The second kappa shape index (κ2) is 11.4. The van der Waals surface area contributed by atoms with Gasteiger partial charge in [0.15, 0.2) is 6.10 Å². The predicted octanol–water partition coefficient (Wildman–Crippen LogP) is 4.44. The molecule has 5 nitrogen and oxygen atoms in total. The second-order valence-corrected chi connectivity index (χ2v) is 5.95. The molecule has 0 saturated carbocycles. The number of phosphoric ester groups is 1. The summed E-state index contributed by atoms with van der Waals surface area (Å²) in [6.45, 7) is 6.62. The van der Waals surface area contributed by atoms with Crippen molar-refractivity contribution in [3.63, 3.8) is 0 Å². The van der Waals surface area contributed by atoms with Crippen LogP contribution in [0.4, 0.5) is 0 Å². The Morgan fingerprint density at radius 1 is 1.05 bits per heavy atom. The first-order valence-corrected chi connectivity index (χ1v) is 8.55. The van der Waals surface area contributed by atoms with Crippen LogP contribution in [0.5, 0.6) is 0 Å². The van der Waals surface area contributed by atoms with Gasteiger partial charge >= 0.3 is 7.82 Å². The fourth-order valence-corrected chi connectivity index (χ4v) is 2.66. The van der Waals surface area contributed by atoms with Gasteiger partial charge in [-0.15, -0.1) is 0 Å². The summed E-state index contributed by atoms with van der Waals surface area (Å²) < 4.78 is 28.2. The van der Waals surface area contributed by atoms with Gasteiger partial charge in [-0.1, -0.05) is 40.0 Å². The molecule has 0 aromatic heterocycles. The van der Waals surface area contributed by atoms with Gasteiger partial charge in [0.25, 0.3) is 0 Å². The number of rotatable bonds is 12. The van der Waals surface area contributed by atoms with E-state index in [9.17, 15) is 4.57 Å². The molecule has 0 fully saturated rings. The van der Waals surface area contributed by atoms with Gasteiger partial charge in [0, 0.05) is 0 Å². The van der Waals surface area contributed by atoms with Gasteiger partial charge in [-0.2, -0.15) is 5.26 Å². The molecule has 0 aliphatic carbocycles. The molecule has 0 aliphatic heterocycles. The molecule has 0 rings (SSSR count). The summed E-state index contributed by atoms with van der Waals surface area (Å²) in [7, 11) is -3.60. The van der Waals surface area contributed by atoms with E-state index in [-0.39, 0.29) is 0 Å². The lowest BCUT2D eigenvalue weighted by molar-refractivity contribution is 0.0911. The topological polar surface area (TPSA) is 68.6 Å². The number of unbranched alkanes of at least 4 members (excludes halogenated alkanes) is 2. The SMILES string of the molecule is CCCCOP(=O)(OCCCC)OC(C#N)CCC. The Labute approximate surface area is 116 Å². The summed E-state index contributed by atoms with van der Waals surface area (Å²) in [5.74, 6) is 0. The van der Waals surface area contributed by atoms with Crippen LogP contribution in [-0.4, -0.2) is 19.3 Å². The summed E-state index contributed by atoms with van der Waals surface area (Å²) in [6.07, 6.45) is 4.01. The van der Waals surface area contributed by atoms with Crippen LogP contribution in [0.2, 0.25) is 0 Å². The Kier molecular flexibility index (Phi) is 11.2. The van der Waals surface area contributed by atoms with E-state index in [0.717, 1.165) is 32.1 Å². The summed E-state index contributed by atoms with van der Waals surface area (Å²) >= 11 is 0. The quantitative estimate of drug-likeness (QED) is 0.393. The maximum atomic E-state index is 12.4. The maximum absolute atomic E-state index is 12.4. The molecule has 0 saturated heterocycles. The van der Waals surface area contributed by atoms with Gasteiger partial charge in [0.2, 0.25) is 0 Å². The fraction of sp³-hybridized carbons (Fsp3) is 0.923. The van der Waals surface area contributed by atoms with Crippen molar-refractivity contribution in [2.45, 2.75) is 65.4 Å². The van der Waals surface area contributed by atoms with E-state index in [0.29, 0.717) is 19.6 Å². The maximum Gasteiger partial charge on any atom is 0.476 e. The molecule has 0 spiro atoms. The zero-order valence-electron chi connectivity index (χ0n) is 12.3. The molecule has 0 amide bonds. The summed E-state index contributed by atoms with van der Waals surface area (Å²) in [6, 6.07) is 1.99. The van der Waals surface area contributed by atoms with Gasteiger partial charge in [-0.25, -0.2) is 4.57 Å². The van der Waals surface area contributed by atoms with Gasteiger partial charge in [-0.3, -0.25) is 13.6 Å². The average molecular weight is 291 g/mol. The van der Waals surface area contributed by atoms with E-state index in [1.54, 1.807) is 0 Å². The monoisotopic (exact) mass is 291 g/mol. The van der Waals surface area contributed by atoms with Crippen molar-refractivity contribution >= 4 is 7.82 Å². The molecule has 0 aromatic carbocycles. The summed E-state index contributed by atoms with van der Waals surface area (Å²) in [5.41, 5.74) is 0. The number of hydrogen-bond acceptors (Lipinski definition) is 5. The lowest BCUT2D eigenvalue weighted by Crippen LogP contribution is -2.12. The average Bonchev–Trinajstić information content (AvgIpc) is 2.39. The molecular weight excluding hydrogens is 265 g/mol. The van der Waals surface area contributed by atoms with Crippen molar-refractivity contribution in [2.75, 3.05) is 13.2 Å². The van der Waals surface area contributed by atoms with Crippen LogP contribution in [-0.2, 0) is 18.1 Å². The highest BCUT2D eigenvalue weighted by molar-refractivity contribution is 7.48. The largest absolute Gasteiger partial charge is 0.476 e. The Morgan fingerprint density at radius 3 is 1.95 bits per heavy atom. The Balaban J connectivity index is 4.45. The lowest BCUT2D eigenvalue weighted by Gasteiger charge is -2.20. The highest BCUT2D eigenvalue weighted by Crippen LogP contribution is 2.51. The Hall–Kier alpha value is -0.400. The zero-order chi connectivity index (χ0) is 14.6. The fourth-order valence-electron chi connectivity index (χ4n) is 1.30. The highest BCUT2D eigenvalue weighted by atomic mass is 31.2. The third-order valence-corrected chi connectivity index (χ3v) is 3.96. The van der Waals surface area contributed by atoms with Crippen LogP contribution in [0.1, 0.15) is 59.3 Å². The summed E-state index contributed by atoms with van der Waals surface area (Å²) in [5, 5.41) is 8.96. The summed E-state index contributed by atoms with van der Waals surface area (Å²) in [4.78, 5) is 0. The number of nitrogens with zero attached hydrogens (tertiary/aromatic N) is 1. The van der Waals surface area contributed by atoms with E-state index >= 15 is 0 Å². The van der Waals surface area contributed by atoms with Crippen molar-refractivity contribution in [2.24, 2.45) is 0 Å². The number of nitriles is 1. The van der Waals surface area contributed by atoms with Crippen molar-refractivity contribution in [3.8, 4) is 6.07 Å². The normalized spacial score (nSPS) is 13.2. The lowest BCUT2D eigenvalue weighted by atomic mass is 10.2. The highest BCUT2D eigenvalue weighted by Gasteiger charge is 2.30. The molecular formula is C13H26NO4P. The second-order valence-electron chi connectivity index (χ2n) is 4.33. The minimum atomic E-state index is -3.60. The van der Waals surface area contributed by atoms with Crippen molar-refractivity contribution in [3.05, 3.63) is 0 Å². The van der Waals surface area contributed by atoms with E-state index in [4.69, 9.17) is 18.8 Å². The van der Waals surface area contributed by atoms with E-state index in [2.05, 4.69) is 0 Å². The molecule has 0 heterocycles. The van der Waals surface area contributed by atoms with Crippen LogP contribution < -0.4 is 0 Å². The van der Waals surface area contributed by atoms with E-state index in [1.165, 1.54) is 0 Å². The van der Waals surface area contributed by atoms with Crippen LogP contribution in [0.3, 0.4) is 0 Å². The number of phosphoric acid groups is 1. The van der Waals surface area contributed by atoms with Crippen LogP contribution in [0, 0.1) is 11.3 Å². The van der Waals surface area contributed by atoms with Gasteiger partial charge in [0.05, 0.1) is 19.3 Å². The molecule has 0 aromatic rings. The van der Waals surface area contributed by atoms with Crippen molar-refractivity contribution < 1.29 is 18.1 Å². The molecule has 0 N–H and O–H groups in total. The van der Waals surface area contributed by atoms with Crippen molar-refractivity contribution in [1.82, 2.24) is 0 Å². The van der Waals surface area contributed by atoms with E-state index in [1.807, 2.05) is 26.8 Å². The van der Waals surface area contributed by atoms with Gasteiger partial charge in [-0.05, 0) is 19.3 Å². The van der Waals surface area contributed by atoms with Crippen molar-refractivity contribution in [1.29, 1.82) is 5.26 Å². The third kappa shape index (κ3) is 9.18. The molecule has 0 bridgehead atoms. The first-order chi connectivity index (χ1) is 9.11. The Bertz CT molecular complexity index is 290. The van der Waals surface area contributed by atoms with Crippen LogP contribution in [0.25, 0.3) is 0 Å². The molecule has 0 aliphatic rings. The van der Waals surface area contributed by atoms with E-state index < -0.39 is 13.9 Å². The standard InChI is InChI=1S/C13H26NO4P/c1-4-7-10-16-19(15,17-11-8-5-2)18-13(12-14)9-6-3/h13H,4-11H2,1-3H3. The molecule has 19 heavy (non-hydrogen) atoms. The molecule has 1 atom stereocenters. The third-order valence-electron chi connectivity index (χ3n) is 2.45. The molecule has 0 radical (unpaired) electrons. The smallest absolute Gasteiger partial charge is 0.287 e. The van der Waals surface area contributed by atoms with Crippen LogP contribution >= 0.6 is 7.82 Å². The minimum absolute atomic E-state index is 0.324. The molecule has 6 heteroatoms. The minimum Gasteiger partial charge on any atom is -0.287 e. The molecule has 112 valence electrons.